The van der Waals surface area contributed by atoms with Gasteiger partial charge in [-0.25, -0.2) is 0 Å². The van der Waals surface area contributed by atoms with Crippen LogP contribution < -0.4 is 14.3 Å². The summed E-state index contributed by atoms with van der Waals surface area (Å²) in [6, 6.07) is 11.7. The second-order valence-corrected chi connectivity index (χ2v) is 7.12. The predicted molar refractivity (Wildman–Crippen MR) is 109 cm³/mol. The van der Waals surface area contributed by atoms with E-state index in [2.05, 4.69) is 41.6 Å². The molecule has 0 saturated heterocycles. The molecule has 27 heavy (non-hydrogen) atoms. The summed E-state index contributed by atoms with van der Waals surface area (Å²) in [6.45, 7) is 4.99. The predicted octanol–water partition coefficient (Wildman–Crippen LogP) is 3.97. The van der Waals surface area contributed by atoms with E-state index in [-0.39, 0.29) is 12.3 Å². The van der Waals surface area contributed by atoms with Gasteiger partial charge in [-0.05, 0) is 31.0 Å². The first kappa shape index (κ1) is 19.2. The van der Waals surface area contributed by atoms with Crippen molar-refractivity contribution in [2.45, 2.75) is 33.2 Å². The third-order valence-corrected chi connectivity index (χ3v) is 5.58. The van der Waals surface area contributed by atoms with Gasteiger partial charge in [-0.3, -0.25) is 4.79 Å². The number of rotatable bonds is 6. The van der Waals surface area contributed by atoms with Crippen LogP contribution in [0.5, 0.6) is 11.5 Å². The Morgan fingerprint density at radius 3 is 2.59 bits per heavy atom. The lowest BCUT2D eigenvalue weighted by atomic mass is 10.1. The number of thiazole rings is 1. The van der Waals surface area contributed by atoms with Crippen molar-refractivity contribution >= 4 is 27.5 Å². The number of carbonyl (C=O) groups excluding carboxylic acids is 1. The fourth-order valence-electron chi connectivity index (χ4n) is 3.17. The molecule has 1 amide bonds. The molecule has 142 valence electrons. The number of methoxy groups -OCH3 is 2. The minimum absolute atomic E-state index is 0.186. The molecule has 0 atom stereocenters. The van der Waals surface area contributed by atoms with Crippen molar-refractivity contribution in [2.24, 2.45) is 4.99 Å². The molecule has 0 aliphatic rings. The molecular weight excluding hydrogens is 360 g/mol. The Kier molecular flexibility index (Phi) is 5.96. The number of para-hydroxylation sites is 1. The largest absolute Gasteiger partial charge is 0.497 e. The van der Waals surface area contributed by atoms with Crippen molar-refractivity contribution in [3.05, 3.63) is 52.3 Å². The van der Waals surface area contributed by atoms with Gasteiger partial charge in [-0.1, -0.05) is 36.5 Å². The molecule has 0 N–H and O–H groups in total. The third kappa shape index (κ3) is 3.90. The maximum absolute atomic E-state index is 12.6. The van der Waals surface area contributed by atoms with E-state index in [1.54, 1.807) is 31.6 Å². The van der Waals surface area contributed by atoms with E-state index in [1.807, 2.05) is 12.1 Å². The number of amides is 1. The molecule has 0 unspecified atom stereocenters. The summed E-state index contributed by atoms with van der Waals surface area (Å²) in [5.41, 5.74) is 3.25. The van der Waals surface area contributed by atoms with E-state index in [0.29, 0.717) is 11.5 Å². The average Bonchev–Trinajstić information content (AvgIpc) is 3.04. The average molecular weight is 385 g/mol. The Balaban J connectivity index is 1.99. The number of carbonyl (C=O) groups is 1. The van der Waals surface area contributed by atoms with Gasteiger partial charge < -0.3 is 14.0 Å². The van der Waals surface area contributed by atoms with Crippen LogP contribution in [0.3, 0.4) is 0 Å². The number of hydrogen-bond acceptors (Lipinski definition) is 4. The van der Waals surface area contributed by atoms with Crippen molar-refractivity contribution in [3.63, 3.8) is 0 Å². The van der Waals surface area contributed by atoms with Gasteiger partial charge in [0.25, 0.3) is 5.91 Å². The Labute approximate surface area is 162 Å². The lowest BCUT2D eigenvalue weighted by Crippen LogP contribution is -2.17. The van der Waals surface area contributed by atoms with Crippen LogP contribution in [-0.2, 0) is 24.2 Å². The van der Waals surface area contributed by atoms with Gasteiger partial charge in [0.1, 0.15) is 11.5 Å². The van der Waals surface area contributed by atoms with Crippen molar-refractivity contribution < 1.29 is 14.3 Å². The molecule has 1 aromatic heterocycles. The summed E-state index contributed by atoms with van der Waals surface area (Å²) in [5.74, 6) is 1.14. The summed E-state index contributed by atoms with van der Waals surface area (Å²) in [6.07, 6.45) is 1.14. The number of fused-ring (bicyclic) bond motifs is 1. The van der Waals surface area contributed by atoms with Crippen molar-refractivity contribution in [1.82, 2.24) is 4.57 Å². The van der Waals surface area contributed by atoms with Gasteiger partial charge in [0, 0.05) is 18.2 Å². The lowest BCUT2D eigenvalue weighted by Gasteiger charge is -2.09. The second kappa shape index (κ2) is 8.39. The Morgan fingerprint density at radius 2 is 1.93 bits per heavy atom. The maximum Gasteiger partial charge on any atom is 0.252 e. The fourth-order valence-corrected chi connectivity index (χ4v) is 4.33. The summed E-state index contributed by atoms with van der Waals surface area (Å²) >= 11 is 1.56. The smallest absolute Gasteiger partial charge is 0.252 e. The topological polar surface area (TPSA) is 52.8 Å². The molecule has 0 fully saturated rings. The minimum atomic E-state index is -0.190. The van der Waals surface area contributed by atoms with Gasteiger partial charge in [-0.2, -0.15) is 4.99 Å². The zero-order chi connectivity index (χ0) is 19.4. The molecule has 3 aromatic rings. The van der Waals surface area contributed by atoms with Crippen LogP contribution in [0, 0.1) is 0 Å². The van der Waals surface area contributed by atoms with E-state index in [1.165, 1.54) is 11.1 Å². The summed E-state index contributed by atoms with van der Waals surface area (Å²) < 4.78 is 13.9. The summed E-state index contributed by atoms with van der Waals surface area (Å²) in [5, 5.41) is 0. The minimum Gasteiger partial charge on any atom is -0.497 e. The number of aromatic nitrogens is 1. The molecule has 0 aliphatic heterocycles. The van der Waals surface area contributed by atoms with Crippen LogP contribution in [0.25, 0.3) is 10.2 Å². The van der Waals surface area contributed by atoms with Gasteiger partial charge in [0.05, 0.1) is 30.9 Å². The van der Waals surface area contributed by atoms with Crippen LogP contribution in [-0.4, -0.2) is 24.7 Å². The van der Waals surface area contributed by atoms with E-state index < -0.39 is 0 Å². The molecule has 0 aliphatic carbocycles. The molecule has 2 aromatic carbocycles. The first-order chi connectivity index (χ1) is 13.1. The normalized spacial score (nSPS) is 11.8. The number of ether oxygens (including phenoxy) is 2. The van der Waals surface area contributed by atoms with Gasteiger partial charge in [-0.15, -0.1) is 0 Å². The molecule has 3 rings (SSSR count). The standard InChI is InChI=1S/C21H24N2O3S/c1-5-14-8-7-9-18-20(14)23(6-2)21(27-18)22-19(24)12-15-10-11-16(25-3)13-17(15)26-4/h7-11,13H,5-6,12H2,1-4H3. The quantitative estimate of drug-likeness (QED) is 0.646. The molecule has 0 saturated carbocycles. The SMILES string of the molecule is CCc1cccc2sc(=NC(=O)Cc3ccc(OC)cc3OC)n(CC)c12. The number of hydrogen-bond donors (Lipinski definition) is 0. The van der Waals surface area contributed by atoms with Crippen LogP contribution in [0.1, 0.15) is 25.0 Å². The zero-order valence-electron chi connectivity index (χ0n) is 16.1. The molecule has 6 heteroatoms. The van der Waals surface area contributed by atoms with Crippen LogP contribution in [0.2, 0.25) is 0 Å². The highest BCUT2D eigenvalue weighted by atomic mass is 32.1. The second-order valence-electron chi connectivity index (χ2n) is 6.11. The molecule has 1 heterocycles. The van der Waals surface area contributed by atoms with E-state index in [0.717, 1.165) is 28.0 Å². The molecule has 5 nitrogen and oxygen atoms in total. The molecule has 0 bridgehead atoms. The highest BCUT2D eigenvalue weighted by Gasteiger charge is 2.12. The zero-order valence-corrected chi connectivity index (χ0v) is 16.9. The highest BCUT2D eigenvalue weighted by Crippen LogP contribution is 2.25. The summed E-state index contributed by atoms with van der Waals surface area (Å²) in [4.78, 5) is 17.8. The van der Waals surface area contributed by atoms with Gasteiger partial charge >= 0.3 is 0 Å². The van der Waals surface area contributed by atoms with Crippen LogP contribution >= 0.6 is 11.3 Å². The third-order valence-electron chi connectivity index (χ3n) is 4.54. The maximum atomic E-state index is 12.6. The van der Waals surface area contributed by atoms with Crippen molar-refractivity contribution in [2.75, 3.05) is 14.2 Å². The Hall–Kier alpha value is -2.60. The Bertz CT molecular complexity index is 1030. The lowest BCUT2D eigenvalue weighted by molar-refractivity contribution is -0.117. The highest BCUT2D eigenvalue weighted by molar-refractivity contribution is 7.16. The van der Waals surface area contributed by atoms with E-state index in [9.17, 15) is 4.79 Å². The number of nitrogens with zero attached hydrogens (tertiary/aromatic N) is 2. The van der Waals surface area contributed by atoms with E-state index in [4.69, 9.17) is 9.47 Å². The fraction of sp³-hybridized carbons (Fsp3) is 0.333. The number of aryl methyl sites for hydroxylation is 2. The molecule has 0 spiro atoms. The van der Waals surface area contributed by atoms with Crippen molar-refractivity contribution in [3.8, 4) is 11.5 Å². The molecular formula is C21H24N2O3S. The number of benzene rings is 2. The van der Waals surface area contributed by atoms with Crippen molar-refractivity contribution in [1.29, 1.82) is 0 Å². The Morgan fingerprint density at radius 1 is 1.11 bits per heavy atom. The first-order valence-electron chi connectivity index (χ1n) is 9.00. The van der Waals surface area contributed by atoms with Crippen LogP contribution in [0.4, 0.5) is 0 Å². The monoisotopic (exact) mass is 384 g/mol. The summed E-state index contributed by atoms with van der Waals surface area (Å²) in [7, 11) is 3.19. The molecule has 0 radical (unpaired) electrons. The van der Waals surface area contributed by atoms with Gasteiger partial charge in [0.15, 0.2) is 4.80 Å². The first-order valence-corrected chi connectivity index (χ1v) is 9.82. The van der Waals surface area contributed by atoms with E-state index >= 15 is 0 Å². The van der Waals surface area contributed by atoms with Gasteiger partial charge in [0.2, 0.25) is 0 Å². The van der Waals surface area contributed by atoms with Crippen LogP contribution in [0.15, 0.2) is 41.4 Å².